The lowest BCUT2D eigenvalue weighted by molar-refractivity contribution is 0.299. The minimum absolute atomic E-state index is 0.804. The number of fused-ring (bicyclic) bond motifs is 1. The van der Waals surface area contributed by atoms with Crippen molar-refractivity contribution in [1.29, 1.82) is 0 Å². The fraction of sp³-hybridized carbons (Fsp3) is 0.938. The first-order valence-corrected chi connectivity index (χ1v) is 8.16. The third-order valence-corrected chi connectivity index (χ3v) is 4.73. The molecule has 3 heteroatoms. The van der Waals surface area contributed by atoms with Crippen molar-refractivity contribution in [3.63, 3.8) is 0 Å². The third kappa shape index (κ3) is 4.12. The summed E-state index contributed by atoms with van der Waals surface area (Å²) in [6.45, 7) is 8.11. The second-order valence-electron chi connectivity index (χ2n) is 6.72. The van der Waals surface area contributed by atoms with E-state index in [2.05, 4.69) is 29.1 Å². The Bertz CT molecular complexity index is 284. The quantitative estimate of drug-likeness (QED) is 0.480. The zero-order valence-corrected chi connectivity index (χ0v) is 13.0. The summed E-state index contributed by atoms with van der Waals surface area (Å²) in [7, 11) is 1.92. The maximum Gasteiger partial charge on any atom is 0.193 e. The largest absolute Gasteiger partial charge is 0.356 e. The molecule has 1 aliphatic carbocycles. The Kier molecular flexibility index (Phi) is 5.53. The van der Waals surface area contributed by atoms with E-state index in [0.717, 1.165) is 30.3 Å². The van der Waals surface area contributed by atoms with Gasteiger partial charge in [-0.25, -0.2) is 0 Å². The van der Waals surface area contributed by atoms with Gasteiger partial charge in [0.15, 0.2) is 5.96 Å². The molecule has 0 bridgehead atoms. The highest BCUT2D eigenvalue weighted by Gasteiger charge is 2.35. The third-order valence-electron chi connectivity index (χ3n) is 4.73. The van der Waals surface area contributed by atoms with Gasteiger partial charge in [0.1, 0.15) is 0 Å². The second-order valence-corrected chi connectivity index (χ2v) is 6.72. The molecule has 1 aliphatic heterocycles. The minimum Gasteiger partial charge on any atom is -0.356 e. The lowest BCUT2D eigenvalue weighted by atomic mass is 9.82. The summed E-state index contributed by atoms with van der Waals surface area (Å²) < 4.78 is 0. The predicted octanol–water partition coefficient (Wildman–Crippen LogP) is 3.12. The molecule has 1 N–H and O–H groups in total. The Morgan fingerprint density at radius 2 is 1.84 bits per heavy atom. The molecule has 1 heterocycles. The lowest BCUT2D eigenvalue weighted by Gasteiger charge is -2.22. The summed E-state index contributed by atoms with van der Waals surface area (Å²) in [4.78, 5) is 6.97. The van der Waals surface area contributed by atoms with Gasteiger partial charge in [0.05, 0.1) is 0 Å². The van der Waals surface area contributed by atoms with E-state index < -0.39 is 0 Å². The summed E-state index contributed by atoms with van der Waals surface area (Å²) in [5, 5.41) is 3.55. The van der Waals surface area contributed by atoms with Crippen LogP contribution in [0.5, 0.6) is 0 Å². The van der Waals surface area contributed by atoms with Gasteiger partial charge >= 0.3 is 0 Å². The second kappa shape index (κ2) is 7.16. The smallest absolute Gasteiger partial charge is 0.193 e. The van der Waals surface area contributed by atoms with Gasteiger partial charge < -0.3 is 10.2 Å². The van der Waals surface area contributed by atoms with Gasteiger partial charge in [0, 0.05) is 26.7 Å². The molecule has 0 aromatic rings. The van der Waals surface area contributed by atoms with Crippen molar-refractivity contribution in [3.05, 3.63) is 0 Å². The van der Waals surface area contributed by atoms with Crippen LogP contribution in [0.1, 0.15) is 52.4 Å². The van der Waals surface area contributed by atoms with Crippen LogP contribution in [-0.2, 0) is 0 Å². The molecule has 1 saturated heterocycles. The molecule has 2 rings (SSSR count). The summed E-state index contributed by atoms with van der Waals surface area (Å²) in [5.74, 6) is 3.81. The molecule has 2 fully saturated rings. The van der Waals surface area contributed by atoms with Crippen molar-refractivity contribution in [2.75, 3.05) is 26.7 Å². The van der Waals surface area contributed by atoms with Crippen LogP contribution < -0.4 is 5.32 Å². The van der Waals surface area contributed by atoms with Crippen molar-refractivity contribution < 1.29 is 0 Å². The van der Waals surface area contributed by atoms with Crippen molar-refractivity contribution in [2.45, 2.75) is 52.4 Å². The number of likely N-dealkylation sites (tertiary alicyclic amines) is 1. The molecule has 2 aliphatic rings. The van der Waals surface area contributed by atoms with Gasteiger partial charge in [0.25, 0.3) is 0 Å². The first-order valence-electron chi connectivity index (χ1n) is 8.16. The molecule has 2 unspecified atom stereocenters. The monoisotopic (exact) mass is 265 g/mol. The highest BCUT2D eigenvalue weighted by molar-refractivity contribution is 5.80. The van der Waals surface area contributed by atoms with Gasteiger partial charge in [-0.3, -0.25) is 4.99 Å². The van der Waals surface area contributed by atoms with E-state index >= 15 is 0 Å². The molecule has 3 nitrogen and oxygen atoms in total. The highest BCUT2D eigenvalue weighted by atomic mass is 15.3. The Balaban J connectivity index is 1.76. The van der Waals surface area contributed by atoms with Crippen LogP contribution in [0.3, 0.4) is 0 Å². The summed E-state index contributed by atoms with van der Waals surface area (Å²) in [6.07, 6.45) is 8.30. The van der Waals surface area contributed by atoms with E-state index in [4.69, 9.17) is 0 Å². The molecular formula is C16H31N3. The topological polar surface area (TPSA) is 27.6 Å². The van der Waals surface area contributed by atoms with E-state index in [9.17, 15) is 0 Å². The van der Waals surface area contributed by atoms with E-state index in [1.54, 1.807) is 0 Å². The first-order chi connectivity index (χ1) is 9.20. The molecule has 0 radical (unpaired) electrons. The van der Waals surface area contributed by atoms with Crippen molar-refractivity contribution in [3.8, 4) is 0 Å². The summed E-state index contributed by atoms with van der Waals surface area (Å²) in [6, 6.07) is 0. The Hall–Kier alpha value is -0.730. The van der Waals surface area contributed by atoms with E-state index in [1.807, 2.05) is 7.05 Å². The number of nitrogens with zero attached hydrogens (tertiary/aromatic N) is 2. The van der Waals surface area contributed by atoms with E-state index in [1.165, 1.54) is 51.6 Å². The molecule has 19 heavy (non-hydrogen) atoms. The maximum absolute atomic E-state index is 4.48. The zero-order chi connectivity index (χ0) is 13.7. The van der Waals surface area contributed by atoms with Crippen LogP contribution in [0.25, 0.3) is 0 Å². The fourth-order valence-corrected chi connectivity index (χ4v) is 3.62. The van der Waals surface area contributed by atoms with Crippen molar-refractivity contribution in [2.24, 2.45) is 22.7 Å². The van der Waals surface area contributed by atoms with Crippen LogP contribution in [0, 0.1) is 17.8 Å². The molecule has 0 aromatic heterocycles. The fourth-order valence-electron chi connectivity index (χ4n) is 3.62. The standard InChI is InChI=1S/C16H31N3/c1-13(2)7-6-10-18-16(17-3)19-11-14-8-4-5-9-15(14)12-19/h13-15H,4-12H2,1-3H3,(H,17,18). The lowest BCUT2D eigenvalue weighted by Crippen LogP contribution is -2.40. The van der Waals surface area contributed by atoms with Crippen LogP contribution in [-0.4, -0.2) is 37.5 Å². The molecule has 0 spiro atoms. The number of hydrogen-bond acceptors (Lipinski definition) is 1. The summed E-state index contributed by atoms with van der Waals surface area (Å²) >= 11 is 0. The Morgan fingerprint density at radius 1 is 1.21 bits per heavy atom. The van der Waals surface area contributed by atoms with Gasteiger partial charge in [-0.2, -0.15) is 0 Å². The van der Waals surface area contributed by atoms with E-state index in [-0.39, 0.29) is 0 Å². The molecule has 0 amide bonds. The Morgan fingerprint density at radius 3 is 2.37 bits per heavy atom. The van der Waals surface area contributed by atoms with Crippen LogP contribution in [0.4, 0.5) is 0 Å². The molecule has 2 atom stereocenters. The normalized spacial score (nSPS) is 27.8. The van der Waals surface area contributed by atoms with Crippen LogP contribution >= 0.6 is 0 Å². The number of rotatable bonds is 4. The maximum atomic E-state index is 4.48. The van der Waals surface area contributed by atoms with Gasteiger partial charge in [-0.05, 0) is 43.4 Å². The minimum atomic E-state index is 0.804. The summed E-state index contributed by atoms with van der Waals surface area (Å²) in [5.41, 5.74) is 0. The molecular weight excluding hydrogens is 234 g/mol. The predicted molar refractivity (Wildman–Crippen MR) is 82.5 cm³/mol. The van der Waals surface area contributed by atoms with Crippen molar-refractivity contribution >= 4 is 5.96 Å². The van der Waals surface area contributed by atoms with Crippen LogP contribution in [0.15, 0.2) is 4.99 Å². The van der Waals surface area contributed by atoms with Gasteiger partial charge in [0.2, 0.25) is 0 Å². The van der Waals surface area contributed by atoms with Gasteiger partial charge in [-0.1, -0.05) is 26.7 Å². The number of guanidine groups is 1. The zero-order valence-electron chi connectivity index (χ0n) is 13.0. The average Bonchev–Trinajstić information content (AvgIpc) is 2.82. The molecule has 0 aromatic carbocycles. The highest BCUT2D eigenvalue weighted by Crippen LogP contribution is 2.35. The number of hydrogen-bond donors (Lipinski definition) is 1. The average molecular weight is 265 g/mol. The first kappa shape index (κ1) is 14.7. The Labute approximate surface area is 118 Å². The number of aliphatic imine (C=N–C) groups is 1. The van der Waals surface area contributed by atoms with Crippen LogP contribution in [0.2, 0.25) is 0 Å². The molecule has 110 valence electrons. The molecule has 1 saturated carbocycles. The van der Waals surface area contributed by atoms with Crippen molar-refractivity contribution in [1.82, 2.24) is 10.2 Å². The number of nitrogens with one attached hydrogen (secondary N) is 1. The van der Waals surface area contributed by atoms with Gasteiger partial charge in [-0.15, -0.1) is 0 Å². The van der Waals surface area contributed by atoms with E-state index in [0.29, 0.717) is 0 Å². The SMILES string of the molecule is CN=C(NCCCC(C)C)N1CC2CCCCC2C1.